The first-order valence-corrected chi connectivity index (χ1v) is 9.49. The summed E-state index contributed by atoms with van der Waals surface area (Å²) in [4.78, 5) is 12.1. The lowest BCUT2D eigenvalue weighted by Gasteiger charge is -2.06. The average molecular weight is 406 g/mol. The number of nitrogens with zero attached hydrogens (tertiary/aromatic N) is 4. The highest BCUT2D eigenvalue weighted by molar-refractivity contribution is 7.15. The Hall–Kier alpha value is -1.68. The predicted octanol–water partition coefficient (Wildman–Crippen LogP) is 4.19. The summed E-state index contributed by atoms with van der Waals surface area (Å²) >= 11 is 7.25. The van der Waals surface area contributed by atoms with Crippen LogP contribution in [0.3, 0.4) is 0 Å². The van der Waals surface area contributed by atoms with E-state index >= 15 is 0 Å². The maximum absolute atomic E-state index is 13.0. The van der Waals surface area contributed by atoms with Gasteiger partial charge in [-0.2, -0.15) is 18.3 Å². The molecule has 1 N–H and O–H groups in total. The second kappa shape index (κ2) is 6.49. The zero-order valence-corrected chi connectivity index (χ0v) is 15.1. The molecule has 2 aromatic rings. The van der Waals surface area contributed by atoms with E-state index in [-0.39, 0.29) is 29.8 Å². The van der Waals surface area contributed by atoms with E-state index in [0.717, 1.165) is 30.7 Å². The van der Waals surface area contributed by atoms with Crippen molar-refractivity contribution in [1.29, 1.82) is 0 Å². The Kier molecular flexibility index (Phi) is 4.42. The van der Waals surface area contributed by atoms with E-state index in [1.807, 2.05) is 0 Å². The molecule has 0 aromatic carbocycles. The predicted molar refractivity (Wildman–Crippen MR) is 89.3 cm³/mol. The fraction of sp³-hybridized carbons (Fsp3) is 0.600. The minimum atomic E-state index is -4.61. The fourth-order valence-corrected chi connectivity index (χ4v) is 4.05. The normalized spacial score (nSPS) is 17.5. The van der Waals surface area contributed by atoms with Gasteiger partial charge >= 0.3 is 6.18 Å². The van der Waals surface area contributed by atoms with E-state index in [2.05, 4.69) is 20.6 Å². The molecular weight excluding hydrogens is 391 g/mol. The molecule has 2 aliphatic rings. The SMILES string of the molecule is O=C(CCn1nc(C(F)(F)F)c(Cl)c1C1CC1)Nc1nnc(C2CC2)s1. The lowest BCUT2D eigenvalue weighted by Crippen LogP contribution is -2.16. The van der Waals surface area contributed by atoms with Crippen LogP contribution in [0, 0.1) is 0 Å². The third-order valence-electron chi connectivity index (χ3n) is 4.33. The van der Waals surface area contributed by atoms with Gasteiger partial charge in [-0.3, -0.25) is 9.48 Å². The van der Waals surface area contributed by atoms with Crippen molar-refractivity contribution in [2.45, 2.75) is 56.7 Å². The van der Waals surface area contributed by atoms with Crippen LogP contribution in [0.5, 0.6) is 0 Å². The summed E-state index contributed by atoms with van der Waals surface area (Å²) in [7, 11) is 0. The molecule has 0 atom stereocenters. The molecule has 1 amide bonds. The monoisotopic (exact) mass is 405 g/mol. The molecule has 0 spiro atoms. The van der Waals surface area contributed by atoms with Crippen LogP contribution in [-0.4, -0.2) is 25.9 Å². The molecule has 0 unspecified atom stereocenters. The number of carbonyl (C=O) groups is 1. The molecule has 2 aromatic heterocycles. The van der Waals surface area contributed by atoms with Gasteiger partial charge in [0, 0.05) is 18.3 Å². The average Bonchev–Trinajstić information content (AvgIpc) is 3.49. The van der Waals surface area contributed by atoms with Gasteiger partial charge < -0.3 is 5.32 Å². The summed E-state index contributed by atoms with van der Waals surface area (Å²) in [6, 6.07) is 0. The molecule has 4 rings (SSSR count). The molecule has 6 nitrogen and oxygen atoms in total. The van der Waals surface area contributed by atoms with E-state index in [0.29, 0.717) is 16.7 Å². The van der Waals surface area contributed by atoms with Crippen molar-refractivity contribution in [1.82, 2.24) is 20.0 Å². The standard InChI is InChI=1S/C15H15ClF3N5OS/c16-10-11(7-1-2-7)24(23-12(10)15(17,18)19)6-5-9(25)20-14-22-21-13(26-14)8-3-4-8/h7-8H,1-6H2,(H,20,22,25). The first-order valence-electron chi connectivity index (χ1n) is 8.29. The number of rotatable bonds is 6. The zero-order chi connectivity index (χ0) is 18.5. The minimum Gasteiger partial charge on any atom is -0.300 e. The number of carbonyl (C=O) groups excluding carboxylic acids is 1. The van der Waals surface area contributed by atoms with Crippen LogP contribution in [0.1, 0.15) is 60.3 Å². The first kappa shape index (κ1) is 17.7. The Morgan fingerprint density at radius 2 is 1.92 bits per heavy atom. The molecule has 0 aliphatic heterocycles. The Morgan fingerprint density at radius 3 is 2.54 bits per heavy atom. The number of anilines is 1. The number of aryl methyl sites for hydroxylation is 1. The summed E-state index contributed by atoms with van der Waals surface area (Å²) in [5, 5.41) is 15.2. The lowest BCUT2D eigenvalue weighted by molar-refractivity contribution is -0.141. The highest BCUT2D eigenvalue weighted by atomic mass is 35.5. The summed E-state index contributed by atoms with van der Waals surface area (Å²) in [6.45, 7) is 0.0295. The topological polar surface area (TPSA) is 72.7 Å². The van der Waals surface area contributed by atoms with Gasteiger partial charge in [0.05, 0.1) is 17.3 Å². The van der Waals surface area contributed by atoms with Gasteiger partial charge in [-0.05, 0) is 25.7 Å². The number of nitrogens with one attached hydrogen (secondary N) is 1. The maximum Gasteiger partial charge on any atom is 0.436 e. The second-order valence-corrected chi connectivity index (χ2v) is 7.95. The van der Waals surface area contributed by atoms with Gasteiger partial charge in [-0.1, -0.05) is 22.9 Å². The molecule has 140 valence electrons. The van der Waals surface area contributed by atoms with E-state index < -0.39 is 11.9 Å². The largest absolute Gasteiger partial charge is 0.436 e. The summed E-state index contributed by atoms with van der Waals surface area (Å²) in [5.41, 5.74) is -0.710. The summed E-state index contributed by atoms with van der Waals surface area (Å²) < 4.78 is 40.3. The number of alkyl halides is 3. The fourth-order valence-electron chi connectivity index (χ4n) is 2.72. The summed E-state index contributed by atoms with van der Waals surface area (Å²) in [6.07, 6.45) is -0.886. The van der Waals surface area contributed by atoms with E-state index in [4.69, 9.17) is 11.6 Å². The van der Waals surface area contributed by atoms with Gasteiger partial charge in [0.25, 0.3) is 0 Å². The minimum absolute atomic E-state index is 0.0153. The van der Waals surface area contributed by atoms with Crippen molar-refractivity contribution >= 4 is 34.0 Å². The molecular formula is C15H15ClF3N5OS. The quantitative estimate of drug-likeness (QED) is 0.782. The first-order chi connectivity index (χ1) is 12.3. The second-order valence-electron chi connectivity index (χ2n) is 6.56. The molecule has 0 saturated heterocycles. The van der Waals surface area contributed by atoms with Crippen LogP contribution in [0.15, 0.2) is 0 Å². The molecule has 2 fully saturated rings. The van der Waals surface area contributed by atoms with Crippen molar-refractivity contribution in [2.75, 3.05) is 5.32 Å². The maximum atomic E-state index is 13.0. The molecule has 11 heteroatoms. The van der Waals surface area contributed by atoms with Gasteiger partial charge in [-0.25, -0.2) is 0 Å². The number of amides is 1. The summed E-state index contributed by atoms with van der Waals surface area (Å²) in [5.74, 6) is 0.0927. The van der Waals surface area contributed by atoms with Gasteiger partial charge in [0.2, 0.25) is 11.0 Å². The van der Waals surface area contributed by atoms with Crippen LogP contribution in [-0.2, 0) is 17.5 Å². The van der Waals surface area contributed by atoms with Crippen molar-refractivity contribution in [3.63, 3.8) is 0 Å². The number of hydrogen-bond donors (Lipinski definition) is 1. The Balaban J connectivity index is 1.42. The molecule has 0 radical (unpaired) electrons. The van der Waals surface area contributed by atoms with Crippen molar-refractivity contribution in [2.24, 2.45) is 0 Å². The van der Waals surface area contributed by atoms with Crippen molar-refractivity contribution in [3.05, 3.63) is 21.4 Å². The Labute approximate surface area is 155 Å². The van der Waals surface area contributed by atoms with E-state index in [1.54, 1.807) is 0 Å². The molecule has 2 saturated carbocycles. The van der Waals surface area contributed by atoms with Crippen LogP contribution in [0.2, 0.25) is 5.02 Å². The van der Waals surface area contributed by atoms with Crippen molar-refractivity contribution in [3.8, 4) is 0 Å². The number of hydrogen-bond acceptors (Lipinski definition) is 5. The van der Waals surface area contributed by atoms with Gasteiger partial charge in [0.1, 0.15) is 5.01 Å². The third kappa shape index (κ3) is 3.71. The van der Waals surface area contributed by atoms with Crippen LogP contribution < -0.4 is 5.32 Å². The van der Waals surface area contributed by atoms with Crippen LogP contribution in [0.4, 0.5) is 18.3 Å². The smallest absolute Gasteiger partial charge is 0.300 e. The molecule has 2 aliphatic carbocycles. The van der Waals surface area contributed by atoms with Gasteiger partial charge in [-0.15, -0.1) is 10.2 Å². The molecule has 0 bridgehead atoms. The van der Waals surface area contributed by atoms with Crippen LogP contribution >= 0.6 is 22.9 Å². The van der Waals surface area contributed by atoms with E-state index in [9.17, 15) is 18.0 Å². The molecule has 2 heterocycles. The Morgan fingerprint density at radius 1 is 1.23 bits per heavy atom. The molecule has 26 heavy (non-hydrogen) atoms. The van der Waals surface area contributed by atoms with Gasteiger partial charge in [0.15, 0.2) is 5.69 Å². The van der Waals surface area contributed by atoms with Crippen LogP contribution in [0.25, 0.3) is 0 Å². The highest BCUT2D eigenvalue weighted by Crippen LogP contribution is 2.47. The number of aromatic nitrogens is 4. The number of halogens is 4. The lowest BCUT2D eigenvalue weighted by atomic mass is 10.2. The van der Waals surface area contributed by atoms with E-state index in [1.165, 1.54) is 16.0 Å². The zero-order valence-electron chi connectivity index (χ0n) is 13.5. The van der Waals surface area contributed by atoms with Crippen molar-refractivity contribution < 1.29 is 18.0 Å². The highest BCUT2D eigenvalue weighted by Gasteiger charge is 2.42. The third-order valence-corrected chi connectivity index (χ3v) is 5.70. The Bertz CT molecular complexity index is 841.